The lowest BCUT2D eigenvalue weighted by atomic mass is 10.0. The Morgan fingerprint density at radius 2 is 1.75 bits per heavy atom. The summed E-state index contributed by atoms with van der Waals surface area (Å²) in [5.74, 6) is -0.237. The minimum absolute atomic E-state index is 0.237. The van der Waals surface area contributed by atoms with Crippen molar-refractivity contribution in [1.82, 2.24) is 20.1 Å². The van der Waals surface area contributed by atoms with Crippen molar-refractivity contribution in [1.29, 1.82) is 0 Å². The lowest BCUT2D eigenvalue weighted by Gasteiger charge is -2.24. The summed E-state index contributed by atoms with van der Waals surface area (Å²) < 4.78 is 15.3. The second-order valence-electron chi connectivity index (χ2n) is 6.08. The molecule has 1 aliphatic heterocycles. The van der Waals surface area contributed by atoms with Crippen molar-refractivity contribution in [3.8, 4) is 22.5 Å². The lowest BCUT2D eigenvalue weighted by Crippen LogP contribution is -2.30. The number of pyridine rings is 1. The van der Waals surface area contributed by atoms with Gasteiger partial charge in [-0.3, -0.25) is 9.67 Å². The molecule has 0 atom stereocenters. The van der Waals surface area contributed by atoms with E-state index in [1.54, 1.807) is 18.3 Å². The molecule has 4 rings (SSSR count). The number of nitrogens with one attached hydrogen (secondary N) is 1. The molecule has 1 aromatic carbocycles. The molecule has 0 aliphatic carbocycles. The van der Waals surface area contributed by atoms with Gasteiger partial charge in [0.05, 0.1) is 17.4 Å². The molecule has 1 N–H and O–H groups in total. The molecule has 0 radical (unpaired) electrons. The molecular weight excluding hydrogens is 303 g/mol. The van der Waals surface area contributed by atoms with Crippen LogP contribution in [0.25, 0.3) is 22.5 Å². The van der Waals surface area contributed by atoms with Gasteiger partial charge in [0.1, 0.15) is 5.82 Å². The summed E-state index contributed by atoms with van der Waals surface area (Å²) in [6, 6.07) is 13.0. The zero-order chi connectivity index (χ0) is 16.4. The van der Waals surface area contributed by atoms with E-state index < -0.39 is 0 Å². The van der Waals surface area contributed by atoms with Gasteiger partial charge in [-0.25, -0.2) is 4.39 Å². The molecule has 0 bridgehead atoms. The Kier molecular flexibility index (Phi) is 4.09. The maximum absolute atomic E-state index is 13.1. The summed E-state index contributed by atoms with van der Waals surface area (Å²) in [4.78, 5) is 4.43. The predicted octanol–water partition coefficient (Wildman–Crippen LogP) is 3.68. The van der Waals surface area contributed by atoms with Crippen LogP contribution in [0.1, 0.15) is 18.9 Å². The Hall–Kier alpha value is -2.53. The van der Waals surface area contributed by atoms with Gasteiger partial charge in [-0.15, -0.1) is 0 Å². The van der Waals surface area contributed by atoms with E-state index in [4.69, 9.17) is 0 Å². The van der Waals surface area contributed by atoms with Crippen LogP contribution < -0.4 is 5.32 Å². The first-order valence-corrected chi connectivity index (χ1v) is 8.28. The lowest BCUT2D eigenvalue weighted by molar-refractivity contribution is 0.346. The van der Waals surface area contributed by atoms with E-state index in [0.717, 1.165) is 48.4 Å². The molecule has 3 aromatic rings. The molecule has 3 heterocycles. The summed E-state index contributed by atoms with van der Waals surface area (Å²) >= 11 is 0. The van der Waals surface area contributed by atoms with Gasteiger partial charge in [0.15, 0.2) is 0 Å². The average molecular weight is 322 g/mol. The Labute approximate surface area is 140 Å². The minimum atomic E-state index is -0.237. The monoisotopic (exact) mass is 322 g/mol. The smallest absolute Gasteiger partial charge is 0.123 e. The largest absolute Gasteiger partial charge is 0.317 e. The maximum Gasteiger partial charge on any atom is 0.123 e. The van der Waals surface area contributed by atoms with Crippen LogP contribution >= 0.6 is 0 Å². The van der Waals surface area contributed by atoms with Crippen LogP contribution in [0.2, 0.25) is 0 Å². The molecule has 24 heavy (non-hydrogen) atoms. The first-order chi connectivity index (χ1) is 11.8. The van der Waals surface area contributed by atoms with Gasteiger partial charge >= 0.3 is 0 Å². The van der Waals surface area contributed by atoms with E-state index in [1.165, 1.54) is 12.1 Å². The second kappa shape index (κ2) is 6.53. The highest BCUT2D eigenvalue weighted by atomic mass is 19.1. The number of halogens is 1. The van der Waals surface area contributed by atoms with Gasteiger partial charge in [-0.1, -0.05) is 0 Å². The number of aromatic nitrogens is 3. The van der Waals surface area contributed by atoms with Gasteiger partial charge in [0.2, 0.25) is 0 Å². The number of hydrogen-bond acceptors (Lipinski definition) is 3. The maximum atomic E-state index is 13.1. The third-order valence-electron chi connectivity index (χ3n) is 4.52. The minimum Gasteiger partial charge on any atom is -0.317 e. The second-order valence-corrected chi connectivity index (χ2v) is 6.08. The third-order valence-corrected chi connectivity index (χ3v) is 4.52. The predicted molar refractivity (Wildman–Crippen MR) is 92.0 cm³/mol. The third kappa shape index (κ3) is 2.95. The first kappa shape index (κ1) is 15.0. The Balaban J connectivity index is 1.69. The number of benzene rings is 1. The number of hydrogen-bond donors (Lipinski definition) is 1. The summed E-state index contributed by atoms with van der Waals surface area (Å²) in [6.45, 7) is 2.06. The fraction of sp³-hybridized carbons (Fsp3) is 0.263. The van der Waals surface area contributed by atoms with E-state index in [1.807, 2.05) is 24.4 Å². The van der Waals surface area contributed by atoms with E-state index in [-0.39, 0.29) is 5.82 Å². The first-order valence-electron chi connectivity index (χ1n) is 8.28. The van der Waals surface area contributed by atoms with Gasteiger partial charge in [-0.2, -0.15) is 5.10 Å². The summed E-state index contributed by atoms with van der Waals surface area (Å²) in [5, 5.41) is 7.94. The van der Waals surface area contributed by atoms with Gasteiger partial charge in [0.25, 0.3) is 0 Å². The standard InChI is InChI=1S/C19H19FN4/c20-16-3-1-14(2-4-16)18-13-15(5-11-22-18)19-8-12-23-24(19)17-6-9-21-10-7-17/h1-5,8,11-13,17,21H,6-7,9-10H2. The van der Waals surface area contributed by atoms with Gasteiger partial charge < -0.3 is 5.32 Å². The SMILES string of the molecule is Fc1ccc(-c2cc(-c3ccnn3C3CCNCC3)ccn2)cc1. The number of nitrogens with zero attached hydrogens (tertiary/aromatic N) is 3. The summed E-state index contributed by atoms with van der Waals surface area (Å²) in [7, 11) is 0. The van der Waals surface area contributed by atoms with Crippen molar-refractivity contribution in [2.75, 3.05) is 13.1 Å². The van der Waals surface area contributed by atoms with E-state index >= 15 is 0 Å². The van der Waals surface area contributed by atoms with Crippen molar-refractivity contribution in [3.05, 3.63) is 60.7 Å². The Bertz CT molecular complexity index is 819. The molecule has 0 amide bonds. The van der Waals surface area contributed by atoms with Crippen LogP contribution in [0.4, 0.5) is 4.39 Å². The highest BCUT2D eigenvalue weighted by Crippen LogP contribution is 2.28. The van der Waals surface area contributed by atoms with Gasteiger partial charge in [0, 0.05) is 23.5 Å². The molecule has 122 valence electrons. The molecular formula is C19H19FN4. The molecule has 4 nitrogen and oxygen atoms in total. The van der Waals surface area contributed by atoms with E-state index in [0.29, 0.717) is 6.04 Å². The van der Waals surface area contributed by atoms with Gasteiger partial charge in [-0.05, 0) is 68.4 Å². The van der Waals surface area contributed by atoms with Crippen molar-refractivity contribution >= 4 is 0 Å². The van der Waals surface area contributed by atoms with E-state index in [2.05, 4.69) is 20.1 Å². The average Bonchev–Trinajstić information content (AvgIpc) is 3.13. The molecule has 1 fully saturated rings. The fourth-order valence-corrected chi connectivity index (χ4v) is 3.25. The molecule has 0 spiro atoms. The fourth-order valence-electron chi connectivity index (χ4n) is 3.25. The van der Waals surface area contributed by atoms with E-state index in [9.17, 15) is 4.39 Å². The van der Waals surface area contributed by atoms with Crippen molar-refractivity contribution in [2.45, 2.75) is 18.9 Å². The summed E-state index contributed by atoms with van der Waals surface area (Å²) in [5.41, 5.74) is 3.93. The topological polar surface area (TPSA) is 42.7 Å². The van der Waals surface area contributed by atoms with Crippen LogP contribution in [0.5, 0.6) is 0 Å². The van der Waals surface area contributed by atoms with Crippen molar-refractivity contribution in [2.24, 2.45) is 0 Å². The van der Waals surface area contributed by atoms with Crippen LogP contribution in [-0.4, -0.2) is 27.9 Å². The molecule has 1 aliphatic rings. The molecule has 5 heteroatoms. The Morgan fingerprint density at radius 1 is 0.958 bits per heavy atom. The normalized spacial score (nSPS) is 15.5. The van der Waals surface area contributed by atoms with Crippen LogP contribution in [0.15, 0.2) is 54.9 Å². The summed E-state index contributed by atoms with van der Waals surface area (Å²) in [6.07, 6.45) is 5.83. The van der Waals surface area contributed by atoms with Crippen molar-refractivity contribution < 1.29 is 4.39 Å². The molecule has 0 unspecified atom stereocenters. The van der Waals surface area contributed by atoms with Crippen LogP contribution in [0.3, 0.4) is 0 Å². The zero-order valence-corrected chi connectivity index (χ0v) is 13.3. The highest BCUT2D eigenvalue weighted by molar-refractivity contribution is 5.68. The quantitative estimate of drug-likeness (QED) is 0.800. The zero-order valence-electron chi connectivity index (χ0n) is 13.3. The van der Waals surface area contributed by atoms with Crippen LogP contribution in [-0.2, 0) is 0 Å². The van der Waals surface area contributed by atoms with Crippen molar-refractivity contribution in [3.63, 3.8) is 0 Å². The molecule has 0 saturated carbocycles. The highest BCUT2D eigenvalue weighted by Gasteiger charge is 2.19. The van der Waals surface area contributed by atoms with Crippen LogP contribution in [0, 0.1) is 5.82 Å². The number of piperidine rings is 1. The Morgan fingerprint density at radius 3 is 2.54 bits per heavy atom. The molecule has 2 aromatic heterocycles. The number of rotatable bonds is 3. The molecule has 1 saturated heterocycles.